The molecule has 0 radical (unpaired) electrons. The number of methoxy groups -OCH3 is 1. The van der Waals surface area contributed by atoms with Gasteiger partial charge in [0.2, 0.25) is 0 Å². The van der Waals surface area contributed by atoms with Crippen LogP contribution in [-0.2, 0) is 11.2 Å². The fourth-order valence-corrected chi connectivity index (χ4v) is 5.84. The van der Waals surface area contributed by atoms with Crippen LogP contribution in [0.4, 0.5) is 17.1 Å². The number of nitrogens with zero attached hydrogens (tertiary/aromatic N) is 4. The number of para-hydroxylation sites is 2. The lowest BCUT2D eigenvalue weighted by molar-refractivity contribution is -0.125. The van der Waals surface area contributed by atoms with Crippen LogP contribution in [0.3, 0.4) is 0 Å². The average Bonchev–Trinajstić information content (AvgIpc) is 3.14. The molecule has 0 aliphatic carbocycles. The third-order valence-electron chi connectivity index (χ3n) is 7.63. The van der Waals surface area contributed by atoms with Crippen LogP contribution in [0.1, 0.15) is 12.5 Å². The number of hydrogen-bond donors (Lipinski definition) is 0. The van der Waals surface area contributed by atoms with Crippen LogP contribution in [-0.4, -0.2) is 44.4 Å². The van der Waals surface area contributed by atoms with Crippen LogP contribution in [0.25, 0.3) is 0 Å². The molecule has 172 valence electrons. The number of ether oxygens (including phenoxy) is 1. The topological polar surface area (TPSA) is 48.4 Å². The largest absolute Gasteiger partial charge is 0.497 e. The quantitative estimate of drug-likeness (QED) is 0.593. The lowest BCUT2D eigenvalue weighted by Gasteiger charge is -2.53. The molecule has 0 aromatic heterocycles. The number of hydrazone groups is 1. The van der Waals surface area contributed by atoms with Gasteiger partial charge in [-0.05, 0) is 61.4 Å². The number of amides is 1. The molecule has 0 unspecified atom stereocenters. The first-order chi connectivity index (χ1) is 16.6. The summed E-state index contributed by atoms with van der Waals surface area (Å²) in [6, 6.07) is 26.5. The summed E-state index contributed by atoms with van der Waals surface area (Å²) in [5, 5.41) is 6.46. The molecule has 1 saturated heterocycles. The second kappa shape index (κ2) is 7.90. The van der Waals surface area contributed by atoms with E-state index in [0.29, 0.717) is 6.42 Å². The van der Waals surface area contributed by atoms with E-state index >= 15 is 0 Å². The molecule has 1 amide bonds. The molecule has 3 aliphatic heterocycles. The van der Waals surface area contributed by atoms with Crippen molar-refractivity contribution in [3.63, 3.8) is 0 Å². The van der Waals surface area contributed by atoms with Crippen molar-refractivity contribution < 1.29 is 9.53 Å². The fourth-order valence-electron chi connectivity index (χ4n) is 5.84. The van der Waals surface area contributed by atoms with E-state index in [-0.39, 0.29) is 11.9 Å². The van der Waals surface area contributed by atoms with Crippen molar-refractivity contribution in [1.82, 2.24) is 0 Å². The van der Waals surface area contributed by atoms with Crippen molar-refractivity contribution in [2.24, 2.45) is 10.5 Å². The minimum absolute atomic E-state index is 0.0109. The Bertz CT molecular complexity index is 1260. The maximum atomic E-state index is 14.2. The number of rotatable bonds is 3. The van der Waals surface area contributed by atoms with Crippen molar-refractivity contribution in [3.8, 4) is 5.75 Å². The highest BCUT2D eigenvalue weighted by Crippen LogP contribution is 2.48. The van der Waals surface area contributed by atoms with E-state index in [0.717, 1.165) is 42.5 Å². The molecule has 3 heterocycles. The number of anilines is 3. The average molecular weight is 453 g/mol. The molecule has 6 nitrogen and oxygen atoms in total. The van der Waals surface area contributed by atoms with Crippen LogP contribution in [0.15, 0.2) is 84.0 Å². The number of hydrogen-bond acceptors (Lipinski definition) is 5. The summed E-state index contributed by atoms with van der Waals surface area (Å²) in [5.74, 6) is 0.912. The molecule has 6 rings (SSSR count). The number of carbonyl (C=O) groups excluding carboxylic acids is 1. The fraction of sp³-hybridized carbons (Fsp3) is 0.286. The van der Waals surface area contributed by atoms with Gasteiger partial charge in [-0.15, -0.1) is 0 Å². The zero-order valence-electron chi connectivity index (χ0n) is 19.5. The maximum absolute atomic E-state index is 14.2. The molecule has 2 atom stereocenters. The number of fused-ring (bicyclic) bond motifs is 4. The second-order valence-corrected chi connectivity index (χ2v) is 9.27. The smallest absolute Gasteiger partial charge is 0.261 e. The molecular weight excluding hydrogens is 424 g/mol. The Morgan fingerprint density at radius 2 is 1.65 bits per heavy atom. The molecule has 0 saturated carbocycles. The van der Waals surface area contributed by atoms with Crippen LogP contribution in [0, 0.1) is 5.41 Å². The first-order valence-corrected chi connectivity index (χ1v) is 11.8. The molecule has 3 aromatic carbocycles. The molecule has 1 fully saturated rings. The van der Waals surface area contributed by atoms with Crippen molar-refractivity contribution in [2.75, 3.05) is 41.6 Å². The molecular formula is C28H28N4O2. The van der Waals surface area contributed by atoms with Crippen LogP contribution in [0.5, 0.6) is 5.75 Å². The van der Waals surface area contributed by atoms with Gasteiger partial charge >= 0.3 is 0 Å². The van der Waals surface area contributed by atoms with Crippen LogP contribution in [0.2, 0.25) is 0 Å². The summed E-state index contributed by atoms with van der Waals surface area (Å²) in [5.41, 5.74) is 4.62. The minimum Gasteiger partial charge on any atom is -0.497 e. The number of piperazine rings is 1. The van der Waals surface area contributed by atoms with Crippen LogP contribution >= 0.6 is 0 Å². The highest BCUT2D eigenvalue weighted by Gasteiger charge is 2.59. The minimum atomic E-state index is -0.699. The Kier molecular flexibility index (Phi) is 4.83. The summed E-state index contributed by atoms with van der Waals surface area (Å²) in [4.78, 5) is 19.1. The van der Waals surface area contributed by atoms with Crippen molar-refractivity contribution in [1.29, 1.82) is 0 Å². The Hall–Kier alpha value is -3.80. The summed E-state index contributed by atoms with van der Waals surface area (Å²) in [6.07, 6.45) is 0.665. The van der Waals surface area contributed by atoms with E-state index in [1.54, 1.807) is 12.1 Å². The summed E-state index contributed by atoms with van der Waals surface area (Å²) in [6.45, 7) is 4.52. The normalized spacial score (nSPS) is 23.6. The zero-order valence-corrected chi connectivity index (χ0v) is 19.5. The maximum Gasteiger partial charge on any atom is 0.261 e. The van der Waals surface area contributed by atoms with E-state index in [2.05, 4.69) is 46.2 Å². The van der Waals surface area contributed by atoms with E-state index in [1.165, 1.54) is 11.3 Å². The summed E-state index contributed by atoms with van der Waals surface area (Å²) >= 11 is 0. The van der Waals surface area contributed by atoms with Crippen LogP contribution < -0.4 is 19.5 Å². The molecule has 34 heavy (non-hydrogen) atoms. The first-order valence-electron chi connectivity index (χ1n) is 11.8. The van der Waals surface area contributed by atoms with Gasteiger partial charge < -0.3 is 14.5 Å². The highest BCUT2D eigenvalue weighted by atomic mass is 16.5. The molecule has 1 spiro atoms. The van der Waals surface area contributed by atoms with Gasteiger partial charge in [0.25, 0.3) is 5.91 Å². The van der Waals surface area contributed by atoms with Gasteiger partial charge in [0.15, 0.2) is 0 Å². The number of benzene rings is 3. The van der Waals surface area contributed by atoms with Crippen molar-refractivity contribution in [3.05, 3.63) is 84.4 Å². The van der Waals surface area contributed by atoms with Gasteiger partial charge in [0, 0.05) is 31.0 Å². The van der Waals surface area contributed by atoms with Gasteiger partial charge in [0.1, 0.15) is 11.2 Å². The van der Waals surface area contributed by atoms with Gasteiger partial charge in [0.05, 0.1) is 24.6 Å². The zero-order chi connectivity index (χ0) is 23.3. The first kappa shape index (κ1) is 20.8. The van der Waals surface area contributed by atoms with E-state index in [4.69, 9.17) is 9.84 Å². The molecule has 3 aliphatic rings. The Labute approximate surface area is 200 Å². The number of carbonyl (C=O) groups is 1. The predicted octanol–water partition coefficient (Wildman–Crippen LogP) is 4.36. The SMILES string of the molecule is COc1ccc(N2CCN3c4ccccc4C[C@]4(C(=O)N(c5ccccc5)N=C4C)[C@@H]3C2)cc1. The Morgan fingerprint density at radius 1 is 0.912 bits per heavy atom. The second-order valence-electron chi connectivity index (χ2n) is 9.27. The van der Waals surface area contributed by atoms with E-state index in [1.807, 2.05) is 49.4 Å². The highest BCUT2D eigenvalue weighted by molar-refractivity contribution is 6.20. The third kappa shape index (κ3) is 3.01. The molecule has 6 heteroatoms. The molecule has 0 bridgehead atoms. The van der Waals surface area contributed by atoms with Crippen molar-refractivity contribution in [2.45, 2.75) is 19.4 Å². The lowest BCUT2D eigenvalue weighted by atomic mass is 9.67. The third-order valence-corrected chi connectivity index (χ3v) is 7.63. The Balaban J connectivity index is 1.42. The van der Waals surface area contributed by atoms with E-state index < -0.39 is 5.41 Å². The monoisotopic (exact) mass is 452 g/mol. The molecule has 3 aromatic rings. The van der Waals surface area contributed by atoms with Gasteiger partial charge in [-0.25, -0.2) is 0 Å². The summed E-state index contributed by atoms with van der Waals surface area (Å²) < 4.78 is 5.35. The van der Waals surface area contributed by atoms with Gasteiger partial charge in [-0.1, -0.05) is 36.4 Å². The Morgan fingerprint density at radius 3 is 2.41 bits per heavy atom. The van der Waals surface area contributed by atoms with E-state index in [9.17, 15) is 4.79 Å². The lowest BCUT2D eigenvalue weighted by Crippen LogP contribution is -2.67. The summed E-state index contributed by atoms with van der Waals surface area (Å²) in [7, 11) is 1.68. The standard InChI is InChI=1S/C28H28N4O2/c1-20-28(27(33)32(29-20)23-9-4-3-5-10-23)18-21-8-6-7-11-25(21)31-17-16-30(19-26(28)31)22-12-14-24(34-2)15-13-22/h3-15,26H,16-19H2,1-2H3/t26-,28+/m0/s1. The van der Waals surface area contributed by atoms with Gasteiger partial charge in [-0.3, -0.25) is 4.79 Å². The predicted molar refractivity (Wildman–Crippen MR) is 136 cm³/mol. The van der Waals surface area contributed by atoms with Gasteiger partial charge in [-0.2, -0.15) is 10.1 Å². The van der Waals surface area contributed by atoms with Crippen molar-refractivity contribution >= 4 is 28.7 Å². The molecule has 0 N–H and O–H groups in total.